The van der Waals surface area contributed by atoms with Crippen molar-refractivity contribution in [1.82, 2.24) is 0 Å². The summed E-state index contributed by atoms with van der Waals surface area (Å²) in [6.07, 6.45) is 2.23. The van der Waals surface area contributed by atoms with Gasteiger partial charge in [0.2, 0.25) is 6.79 Å². The summed E-state index contributed by atoms with van der Waals surface area (Å²) in [7, 11) is 1.52. The zero-order valence-electron chi connectivity index (χ0n) is 14.9. The van der Waals surface area contributed by atoms with Crippen LogP contribution in [0.15, 0.2) is 41.6 Å². The minimum atomic E-state index is -0.243. The Balaban J connectivity index is 1.73. The van der Waals surface area contributed by atoms with Crippen molar-refractivity contribution in [3.05, 3.63) is 52.7 Å². The molecular weight excluding hydrogens is 346 g/mol. The molecule has 0 fully saturated rings. The maximum Gasteiger partial charge on any atom is 0.231 e. The number of ether oxygens (including phenoxy) is 3. The van der Waals surface area contributed by atoms with Crippen molar-refractivity contribution in [3.8, 4) is 23.0 Å². The number of carbonyl (C=O) groups is 1. The number of fused-ring (bicyclic) bond motifs is 2. The van der Waals surface area contributed by atoms with Gasteiger partial charge < -0.3 is 24.6 Å². The minimum Gasteiger partial charge on any atom is -0.504 e. The Morgan fingerprint density at radius 3 is 2.78 bits per heavy atom. The number of aromatic hydroxyl groups is 1. The van der Waals surface area contributed by atoms with Gasteiger partial charge in [-0.1, -0.05) is 6.07 Å². The Kier molecular flexibility index (Phi) is 3.53. The summed E-state index contributed by atoms with van der Waals surface area (Å²) in [6, 6.07) is 9.13. The number of ketones is 1. The van der Waals surface area contributed by atoms with Crippen molar-refractivity contribution >= 4 is 11.5 Å². The fourth-order valence-corrected chi connectivity index (χ4v) is 4.17. The monoisotopic (exact) mass is 365 g/mol. The SMILES string of the molecule is COc1cc([C@@H]2C3=C(CCCC3=O)Nc3cc4c(cc32)OCO4)ccc1O. The summed E-state index contributed by atoms with van der Waals surface area (Å²) < 4.78 is 16.4. The van der Waals surface area contributed by atoms with Gasteiger partial charge in [0.25, 0.3) is 0 Å². The molecule has 2 aromatic rings. The summed E-state index contributed by atoms with van der Waals surface area (Å²) in [5.41, 5.74) is 4.54. The third kappa shape index (κ3) is 2.44. The predicted molar refractivity (Wildman–Crippen MR) is 98.6 cm³/mol. The van der Waals surface area contributed by atoms with Crippen molar-refractivity contribution in [2.45, 2.75) is 25.2 Å². The van der Waals surface area contributed by atoms with Crippen molar-refractivity contribution in [3.63, 3.8) is 0 Å². The van der Waals surface area contributed by atoms with E-state index in [9.17, 15) is 9.90 Å². The molecule has 0 saturated heterocycles. The number of nitrogens with one attached hydrogen (secondary N) is 1. The lowest BCUT2D eigenvalue weighted by molar-refractivity contribution is -0.116. The van der Waals surface area contributed by atoms with Gasteiger partial charge in [0.1, 0.15) is 0 Å². The van der Waals surface area contributed by atoms with E-state index in [1.807, 2.05) is 18.2 Å². The van der Waals surface area contributed by atoms with E-state index in [2.05, 4.69) is 5.32 Å². The molecule has 0 unspecified atom stereocenters. The average molecular weight is 365 g/mol. The number of phenols is 1. The summed E-state index contributed by atoms with van der Waals surface area (Å²) in [4.78, 5) is 12.8. The van der Waals surface area contributed by atoms with Crippen LogP contribution in [0.1, 0.15) is 36.3 Å². The summed E-state index contributed by atoms with van der Waals surface area (Å²) >= 11 is 0. The Bertz CT molecular complexity index is 994. The first-order valence-corrected chi connectivity index (χ1v) is 8.99. The molecule has 2 aliphatic heterocycles. The molecular formula is C21H19NO5. The Hall–Kier alpha value is -3.15. The highest BCUT2D eigenvalue weighted by Crippen LogP contribution is 2.50. The van der Waals surface area contributed by atoms with Crippen LogP contribution in [-0.2, 0) is 4.79 Å². The number of Topliss-reactive ketones (excluding diaryl/α,β-unsaturated/α-hetero) is 1. The molecule has 6 heteroatoms. The number of benzene rings is 2. The van der Waals surface area contributed by atoms with E-state index in [0.717, 1.165) is 40.9 Å². The number of hydrogen-bond donors (Lipinski definition) is 2. The van der Waals surface area contributed by atoms with Crippen LogP contribution in [0, 0.1) is 0 Å². The molecule has 5 rings (SSSR count). The topological polar surface area (TPSA) is 77.0 Å². The fourth-order valence-electron chi connectivity index (χ4n) is 4.17. The van der Waals surface area contributed by atoms with Crippen molar-refractivity contribution in [1.29, 1.82) is 0 Å². The summed E-state index contributed by atoms with van der Waals surface area (Å²) in [5, 5.41) is 13.4. The molecule has 0 saturated carbocycles. The lowest BCUT2D eigenvalue weighted by atomic mass is 9.75. The number of carbonyl (C=O) groups excluding carboxylic acids is 1. The van der Waals surface area contributed by atoms with E-state index < -0.39 is 0 Å². The van der Waals surface area contributed by atoms with Crippen LogP contribution in [0.4, 0.5) is 5.69 Å². The number of anilines is 1. The van der Waals surface area contributed by atoms with Gasteiger partial charge in [-0.05, 0) is 42.2 Å². The van der Waals surface area contributed by atoms with Gasteiger partial charge in [-0.2, -0.15) is 0 Å². The van der Waals surface area contributed by atoms with Crippen LogP contribution in [0.5, 0.6) is 23.0 Å². The van der Waals surface area contributed by atoms with Crippen molar-refractivity contribution < 1.29 is 24.1 Å². The second-order valence-corrected chi connectivity index (χ2v) is 6.95. The number of hydrogen-bond acceptors (Lipinski definition) is 6. The van der Waals surface area contributed by atoms with Gasteiger partial charge in [-0.15, -0.1) is 0 Å². The van der Waals surface area contributed by atoms with E-state index in [0.29, 0.717) is 23.7 Å². The highest BCUT2D eigenvalue weighted by Gasteiger charge is 2.36. The first kappa shape index (κ1) is 16.1. The summed E-state index contributed by atoms with van der Waals surface area (Å²) in [6.45, 7) is 0.196. The molecule has 2 heterocycles. The average Bonchev–Trinajstić information content (AvgIpc) is 3.13. The second kappa shape index (κ2) is 5.94. The molecule has 138 valence electrons. The molecule has 1 aliphatic carbocycles. The van der Waals surface area contributed by atoms with Gasteiger partial charge >= 0.3 is 0 Å². The van der Waals surface area contributed by atoms with Crippen LogP contribution in [-0.4, -0.2) is 24.8 Å². The first-order valence-electron chi connectivity index (χ1n) is 8.99. The standard InChI is InChI=1S/C21H19NO5/c1-25-17-7-11(5-6-15(17)23)20-12-8-18-19(27-10-26-18)9-14(12)22-13-3-2-4-16(24)21(13)20/h5-9,20,22-23H,2-4,10H2,1H3/t20-/m0/s1. The molecule has 0 radical (unpaired) electrons. The fraction of sp³-hybridized carbons (Fsp3) is 0.286. The molecule has 0 amide bonds. The van der Waals surface area contributed by atoms with Crippen LogP contribution >= 0.6 is 0 Å². The number of rotatable bonds is 2. The van der Waals surface area contributed by atoms with Gasteiger partial charge in [-0.3, -0.25) is 4.79 Å². The molecule has 3 aliphatic rings. The lowest BCUT2D eigenvalue weighted by Gasteiger charge is -2.34. The second-order valence-electron chi connectivity index (χ2n) is 6.95. The third-order valence-electron chi connectivity index (χ3n) is 5.42. The van der Waals surface area contributed by atoms with Gasteiger partial charge in [0.15, 0.2) is 28.8 Å². The van der Waals surface area contributed by atoms with Gasteiger partial charge in [0, 0.05) is 35.4 Å². The third-order valence-corrected chi connectivity index (χ3v) is 5.42. The zero-order chi connectivity index (χ0) is 18.5. The molecule has 27 heavy (non-hydrogen) atoms. The number of allylic oxidation sites excluding steroid dienone is 2. The summed E-state index contributed by atoms with van der Waals surface area (Å²) in [5.74, 6) is 1.76. The molecule has 6 nitrogen and oxygen atoms in total. The zero-order valence-corrected chi connectivity index (χ0v) is 14.9. The minimum absolute atomic E-state index is 0.0743. The first-order chi connectivity index (χ1) is 13.2. The van der Waals surface area contributed by atoms with Gasteiger partial charge in [0.05, 0.1) is 7.11 Å². The normalized spacial score (nSPS) is 20.0. The molecule has 0 bridgehead atoms. The van der Waals surface area contributed by atoms with E-state index in [-0.39, 0.29) is 24.2 Å². The highest BCUT2D eigenvalue weighted by atomic mass is 16.7. The number of phenolic OH excluding ortho intramolecular Hbond substituents is 1. The van der Waals surface area contributed by atoms with Crippen LogP contribution in [0.2, 0.25) is 0 Å². The van der Waals surface area contributed by atoms with E-state index >= 15 is 0 Å². The van der Waals surface area contributed by atoms with E-state index in [1.165, 1.54) is 7.11 Å². The quantitative estimate of drug-likeness (QED) is 0.845. The number of methoxy groups -OCH3 is 1. The van der Waals surface area contributed by atoms with E-state index in [4.69, 9.17) is 14.2 Å². The van der Waals surface area contributed by atoms with E-state index in [1.54, 1.807) is 12.1 Å². The van der Waals surface area contributed by atoms with Crippen LogP contribution in [0.25, 0.3) is 0 Å². The molecule has 2 aromatic carbocycles. The highest BCUT2D eigenvalue weighted by molar-refractivity contribution is 6.01. The van der Waals surface area contributed by atoms with Crippen LogP contribution in [0.3, 0.4) is 0 Å². The van der Waals surface area contributed by atoms with Crippen LogP contribution < -0.4 is 19.5 Å². The largest absolute Gasteiger partial charge is 0.504 e. The molecule has 2 N–H and O–H groups in total. The molecule has 0 aromatic heterocycles. The molecule has 0 spiro atoms. The van der Waals surface area contributed by atoms with Gasteiger partial charge in [-0.25, -0.2) is 0 Å². The Labute approximate surface area is 156 Å². The predicted octanol–water partition coefficient (Wildman–Crippen LogP) is 3.69. The Morgan fingerprint density at radius 1 is 1.15 bits per heavy atom. The Morgan fingerprint density at radius 2 is 1.96 bits per heavy atom. The maximum atomic E-state index is 12.8. The van der Waals surface area contributed by atoms with Crippen molar-refractivity contribution in [2.75, 3.05) is 19.2 Å². The van der Waals surface area contributed by atoms with Crippen molar-refractivity contribution in [2.24, 2.45) is 0 Å². The molecule has 1 atom stereocenters. The smallest absolute Gasteiger partial charge is 0.231 e. The maximum absolute atomic E-state index is 12.8. The lowest BCUT2D eigenvalue weighted by Crippen LogP contribution is -2.26.